The van der Waals surface area contributed by atoms with Crippen LogP contribution in [0.5, 0.6) is 5.75 Å². The lowest BCUT2D eigenvalue weighted by Crippen LogP contribution is -2.28. The van der Waals surface area contributed by atoms with Gasteiger partial charge in [-0.2, -0.15) is 5.10 Å². The van der Waals surface area contributed by atoms with E-state index in [4.69, 9.17) is 10.1 Å². The number of likely N-dealkylation sites (tertiary alicyclic amines) is 1. The first kappa shape index (κ1) is 25.8. The average Bonchev–Trinajstić information content (AvgIpc) is 3.45. The second-order valence-electron chi connectivity index (χ2n) is 8.64. The van der Waals surface area contributed by atoms with Crippen LogP contribution in [-0.4, -0.2) is 66.5 Å². The summed E-state index contributed by atoms with van der Waals surface area (Å²) in [5.74, 6) is 1.48. The standard InChI is InChI=1S/C27H32N8O2/c1-37-23-7-4-6-22(16-23)33-25-24(17-28)26(31-19-30-25)34-32-18-20-8-10-21(11-9-20)27(36)29-12-5-15-35-13-2-3-14-35/h4,6-11,16-19,28H,2-3,5,12-15H2,1H3,(H,29,36)(H2,30,31,33,34)/b28-17?,32-18+. The van der Waals surface area contributed by atoms with Crippen LogP contribution in [0.1, 0.15) is 40.7 Å². The Hall–Kier alpha value is -4.31. The predicted molar refractivity (Wildman–Crippen MR) is 146 cm³/mol. The van der Waals surface area contributed by atoms with Crippen molar-refractivity contribution in [2.45, 2.75) is 19.3 Å². The highest BCUT2D eigenvalue weighted by Gasteiger charge is 2.12. The van der Waals surface area contributed by atoms with E-state index in [2.05, 4.69) is 36.0 Å². The normalized spacial score (nSPS) is 13.4. The van der Waals surface area contributed by atoms with Gasteiger partial charge in [-0.15, -0.1) is 0 Å². The Morgan fingerprint density at radius 3 is 2.68 bits per heavy atom. The lowest BCUT2D eigenvalue weighted by molar-refractivity contribution is 0.0952. The van der Waals surface area contributed by atoms with Crippen molar-refractivity contribution in [3.05, 3.63) is 71.5 Å². The van der Waals surface area contributed by atoms with E-state index >= 15 is 0 Å². The minimum absolute atomic E-state index is 0.0734. The highest BCUT2D eigenvalue weighted by Crippen LogP contribution is 2.24. The molecule has 1 aromatic heterocycles. The molecule has 2 heterocycles. The second-order valence-corrected chi connectivity index (χ2v) is 8.64. The van der Waals surface area contributed by atoms with Gasteiger partial charge in [-0.05, 0) is 68.7 Å². The highest BCUT2D eigenvalue weighted by molar-refractivity contribution is 5.95. The topological polar surface area (TPSA) is 128 Å². The van der Waals surface area contributed by atoms with Crippen molar-refractivity contribution in [3.8, 4) is 5.75 Å². The van der Waals surface area contributed by atoms with Crippen molar-refractivity contribution < 1.29 is 9.53 Å². The van der Waals surface area contributed by atoms with Crippen LogP contribution in [0.2, 0.25) is 0 Å². The van der Waals surface area contributed by atoms with Gasteiger partial charge in [-0.3, -0.25) is 10.2 Å². The van der Waals surface area contributed by atoms with E-state index in [0.717, 1.165) is 24.2 Å². The van der Waals surface area contributed by atoms with Gasteiger partial charge in [-0.1, -0.05) is 18.2 Å². The Bertz CT molecular complexity index is 1220. The number of carbonyl (C=O) groups is 1. The molecule has 1 aliphatic heterocycles. The maximum atomic E-state index is 12.4. The Balaban J connectivity index is 1.31. The summed E-state index contributed by atoms with van der Waals surface area (Å²) in [5, 5.41) is 18.3. The van der Waals surface area contributed by atoms with E-state index in [1.165, 1.54) is 38.5 Å². The molecular weight excluding hydrogens is 468 g/mol. The molecule has 3 aromatic rings. The lowest BCUT2D eigenvalue weighted by Gasteiger charge is -2.14. The van der Waals surface area contributed by atoms with E-state index in [-0.39, 0.29) is 5.91 Å². The number of amides is 1. The van der Waals surface area contributed by atoms with Gasteiger partial charge >= 0.3 is 0 Å². The van der Waals surface area contributed by atoms with Crippen molar-refractivity contribution in [1.29, 1.82) is 5.41 Å². The van der Waals surface area contributed by atoms with E-state index < -0.39 is 0 Å². The third kappa shape index (κ3) is 7.34. The first-order valence-corrected chi connectivity index (χ1v) is 12.3. The Morgan fingerprint density at radius 1 is 1.14 bits per heavy atom. The Kier molecular flexibility index (Phi) is 9.14. The van der Waals surface area contributed by atoms with Gasteiger partial charge in [-0.25, -0.2) is 9.97 Å². The number of benzene rings is 2. The molecule has 0 atom stereocenters. The smallest absolute Gasteiger partial charge is 0.251 e. The molecule has 37 heavy (non-hydrogen) atoms. The first-order chi connectivity index (χ1) is 18.2. The number of nitrogens with zero attached hydrogens (tertiary/aromatic N) is 4. The number of anilines is 3. The number of carbonyl (C=O) groups excluding carboxylic acids is 1. The van der Waals surface area contributed by atoms with Crippen LogP contribution >= 0.6 is 0 Å². The molecule has 0 radical (unpaired) electrons. The molecule has 1 saturated heterocycles. The molecule has 4 rings (SSSR count). The molecule has 192 valence electrons. The lowest BCUT2D eigenvalue weighted by atomic mass is 10.1. The van der Waals surface area contributed by atoms with E-state index in [1.807, 2.05) is 36.4 Å². The maximum Gasteiger partial charge on any atom is 0.251 e. The summed E-state index contributed by atoms with van der Waals surface area (Å²) in [6.45, 7) is 4.05. The van der Waals surface area contributed by atoms with E-state index in [0.29, 0.717) is 35.1 Å². The zero-order valence-electron chi connectivity index (χ0n) is 20.9. The van der Waals surface area contributed by atoms with Crippen molar-refractivity contribution >= 4 is 35.7 Å². The summed E-state index contributed by atoms with van der Waals surface area (Å²) in [5.41, 5.74) is 5.53. The van der Waals surface area contributed by atoms with E-state index in [9.17, 15) is 4.79 Å². The fourth-order valence-electron chi connectivity index (χ4n) is 4.06. The number of rotatable bonds is 12. The number of methoxy groups -OCH3 is 1. The van der Waals surface area contributed by atoms with Crippen LogP contribution in [0.25, 0.3) is 0 Å². The molecule has 0 unspecified atom stereocenters. The van der Waals surface area contributed by atoms with Crippen molar-refractivity contribution in [3.63, 3.8) is 0 Å². The van der Waals surface area contributed by atoms with Crippen LogP contribution in [0.4, 0.5) is 17.3 Å². The van der Waals surface area contributed by atoms with Crippen molar-refractivity contribution in [2.24, 2.45) is 5.10 Å². The number of hydrogen-bond donors (Lipinski definition) is 4. The number of hydrogen-bond acceptors (Lipinski definition) is 9. The molecule has 0 aliphatic carbocycles. The van der Waals surface area contributed by atoms with Crippen molar-refractivity contribution in [2.75, 3.05) is 44.0 Å². The molecule has 4 N–H and O–H groups in total. The summed E-state index contributed by atoms with van der Waals surface area (Å²) in [7, 11) is 1.60. The quantitative estimate of drug-likeness (QED) is 0.169. The van der Waals surface area contributed by atoms with Gasteiger partial charge in [0.25, 0.3) is 5.91 Å². The fraction of sp³-hybridized carbons (Fsp3) is 0.296. The van der Waals surface area contributed by atoms with E-state index in [1.54, 1.807) is 25.5 Å². The largest absolute Gasteiger partial charge is 0.497 e. The molecule has 10 heteroatoms. The summed E-state index contributed by atoms with van der Waals surface area (Å²) < 4.78 is 5.25. The number of aromatic nitrogens is 2. The Morgan fingerprint density at radius 2 is 1.92 bits per heavy atom. The molecule has 1 aliphatic rings. The van der Waals surface area contributed by atoms with Crippen molar-refractivity contribution in [1.82, 2.24) is 20.2 Å². The van der Waals surface area contributed by atoms with Gasteiger partial charge in [0.15, 0.2) is 5.82 Å². The fourth-order valence-corrected chi connectivity index (χ4v) is 4.06. The number of hydrazone groups is 1. The minimum atomic E-state index is -0.0734. The van der Waals surface area contributed by atoms with Crippen LogP contribution < -0.4 is 20.8 Å². The van der Waals surface area contributed by atoms with Gasteiger partial charge in [0, 0.05) is 30.1 Å². The molecule has 0 spiro atoms. The zero-order valence-corrected chi connectivity index (χ0v) is 20.9. The van der Waals surface area contributed by atoms with Crippen LogP contribution in [-0.2, 0) is 0 Å². The summed E-state index contributed by atoms with van der Waals surface area (Å²) >= 11 is 0. The van der Waals surface area contributed by atoms with Crippen LogP contribution in [0.3, 0.4) is 0 Å². The number of ether oxygens (including phenoxy) is 1. The van der Waals surface area contributed by atoms with Crippen LogP contribution in [0.15, 0.2) is 60.0 Å². The molecule has 1 amide bonds. The maximum absolute atomic E-state index is 12.4. The minimum Gasteiger partial charge on any atom is -0.497 e. The molecular formula is C27H32N8O2. The summed E-state index contributed by atoms with van der Waals surface area (Å²) in [4.78, 5) is 23.3. The van der Waals surface area contributed by atoms with Gasteiger partial charge in [0.1, 0.15) is 17.9 Å². The molecule has 0 bridgehead atoms. The first-order valence-electron chi connectivity index (χ1n) is 12.3. The number of nitrogens with one attached hydrogen (secondary N) is 4. The van der Waals surface area contributed by atoms with Gasteiger partial charge < -0.3 is 25.7 Å². The van der Waals surface area contributed by atoms with Gasteiger partial charge in [0.05, 0.1) is 18.9 Å². The average molecular weight is 501 g/mol. The summed E-state index contributed by atoms with van der Waals surface area (Å²) in [6.07, 6.45) is 7.71. The third-order valence-corrected chi connectivity index (χ3v) is 6.05. The van der Waals surface area contributed by atoms with Gasteiger partial charge in [0.2, 0.25) is 0 Å². The summed E-state index contributed by atoms with van der Waals surface area (Å²) in [6, 6.07) is 14.6. The van der Waals surface area contributed by atoms with Crippen LogP contribution in [0, 0.1) is 5.41 Å². The SMILES string of the molecule is COc1cccc(Nc2ncnc(N/N=C/c3ccc(C(=O)NCCCN4CCCC4)cc3)c2C=N)c1. The molecule has 0 saturated carbocycles. The third-order valence-electron chi connectivity index (χ3n) is 6.05. The molecule has 10 nitrogen and oxygen atoms in total. The zero-order chi connectivity index (χ0) is 25.9. The predicted octanol–water partition coefficient (Wildman–Crippen LogP) is 3.89. The molecule has 2 aromatic carbocycles. The monoisotopic (exact) mass is 500 g/mol. The second kappa shape index (κ2) is 13.1. The molecule has 1 fully saturated rings. The Labute approximate surface area is 216 Å². The highest BCUT2D eigenvalue weighted by atomic mass is 16.5.